The molecule has 0 aliphatic carbocycles. The first kappa shape index (κ1) is 8.12. The van der Waals surface area contributed by atoms with Crippen molar-refractivity contribution in [1.29, 1.82) is 0 Å². The van der Waals surface area contributed by atoms with Gasteiger partial charge in [-0.15, -0.1) is 0 Å². The molecule has 1 rings (SSSR count). The Kier molecular flexibility index (Phi) is 2.18. The van der Waals surface area contributed by atoms with Gasteiger partial charge in [0.05, 0.1) is 0 Å². The van der Waals surface area contributed by atoms with Crippen molar-refractivity contribution in [3.8, 4) is 0 Å². The molecular weight excluding hydrogens is 134 g/mol. The van der Waals surface area contributed by atoms with Gasteiger partial charge in [-0.3, -0.25) is 0 Å². The maximum absolute atomic E-state index is 3.93. The number of nitrogens with zero attached hydrogens (tertiary/aromatic N) is 1. The molecule has 1 aliphatic heterocycles. The third-order valence-electron chi connectivity index (χ3n) is 1.94. The van der Waals surface area contributed by atoms with Crippen LogP contribution in [0, 0.1) is 5.92 Å². The standard InChI is InChI=1S/C10H15N/c1-8(2)10-5-6-11(4)9(3)7-10/h5-8H,3H2,1-2,4H3. The summed E-state index contributed by atoms with van der Waals surface area (Å²) in [5, 5.41) is 0. The predicted molar refractivity (Wildman–Crippen MR) is 49.0 cm³/mol. The van der Waals surface area contributed by atoms with Crippen molar-refractivity contribution in [2.75, 3.05) is 7.05 Å². The van der Waals surface area contributed by atoms with Crippen molar-refractivity contribution in [1.82, 2.24) is 4.90 Å². The maximum atomic E-state index is 3.93. The van der Waals surface area contributed by atoms with E-state index in [9.17, 15) is 0 Å². The molecule has 0 fully saturated rings. The van der Waals surface area contributed by atoms with Crippen LogP contribution in [0.2, 0.25) is 0 Å². The molecule has 0 aromatic carbocycles. The fraction of sp³-hybridized carbons (Fsp3) is 0.400. The molecule has 0 saturated carbocycles. The van der Waals surface area contributed by atoms with Crippen molar-refractivity contribution in [3.05, 3.63) is 36.2 Å². The molecule has 11 heavy (non-hydrogen) atoms. The van der Waals surface area contributed by atoms with Crippen LogP contribution in [0.3, 0.4) is 0 Å². The summed E-state index contributed by atoms with van der Waals surface area (Å²) >= 11 is 0. The third kappa shape index (κ3) is 1.73. The van der Waals surface area contributed by atoms with Crippen molar-refractivity contribution in [2.24, 2.45) is 5.92 Å². The molecule has 0 aromatic rings. The summed E-state index contributed by atoms with van der Waals surface area (Å²) in [6.07, 6.45) is 6.32. The molecule has 0 atom stereocenters. The lowest BCUT2D eigenvalue weighted by Crippen LogP contribution is -2.12. The Morgan fingerprint density at radius 2 is 2.09 bits per heavy atom. The summed E-state index contributed by atoms with van der Waals surface area (Å²) in [5.41, 5.74) is 2.42. The zero-order valence-electron chi connectivity index (χ0n) is 7.46. The number of likely N-dealkylation sites (N-methyl/N-ethyl adjacent to an activating group) is 1. The topological polar surface area (TPSA) is 3.24 Å². The van der Waals surface area contributed by atoms with Crippen LogP contribution in [0.25, 0.3) is 0 Å². The van der Waals surface area contributed by atoms with E-state index in [1.165, 1.54) is 5.57 Å². The summed E-state index contributed by atoms with van der Waals surface area (Å²) in [6, 6.07) is 0. The number of hydrogen-bond acceptors (Lipinski definition) is 1. The minimum absolute atomic E-state index is 0.594. The largest absolute Gasteiger partial charge is 0.352 e. The highest BCUT2D eigenvalue weighted by molar-refractivity contribution is 5.34. The Bertz CT molecular complexity index is 221. The Balaban J connectivity index is 2.80. The van der Waals surface area contributed by atoms with E-state index in [1.807, 2.05) is 11.9 Å². The summed E-state index contributed by atoms with van der Waals surface area (Å²) in [7, 11) is 2.01. The van der Waals surface area contributed by atoms with E-state index in [0.717, 1.165) is 5.70 Å². The Morgan fingerprint density at radius 1 is 1.45 bits per heavy atom. The lowest BCUT2D eigenvalue weighted by molar-refractivity contribution is 0.577. The first-order chi connectivity index (χ1) is 5.11. The second-order valence-corrected chi connectivity index (χ2v) is 3.22. The van der Waals surface area contributed by atoms with Gasteiger partial charge in [-0.1, -0.05) is 20.4 Å². The van der Waals surface area contributed by atoms with Crippen LogP contribution >= 0.6 is 0 Å². The van der Waals surface area contributed by atoms with E-state index >= 15 is 0 Å². The molecule has 1 aliphatic rings. The molecule has 0 radical (unpaired) electrons. The van der Waals surface area contributed by atoms with Crippen molar-refractivity contribution < 1.29 is 0 Å². The summed E-state index contributed by atoms with van der Waals surface area (Å²) in [5.74, 6) is 0.594. The van der Waals surface area contributed by atoms with Crippen molar-refractivity contribution >= 4 is 0 Å². The van der Waals surface area contributed by atoms with Crippen LogP contribution in [-0.4, -0.2) is 11.9 Å². The van der Waals surface area contributed by atoms with Gasteiger partial charge in [0.1, 0.15) is 0 Å². The van der Waals surface area contributed by atoms with Gasteiger partial charge in [-0.2, -0.15) is 0 Å². The third-order valence-corrected chi connectivity index (χ3v) is 1.94. The SMILES string of the molecule is C=C1C=C(C(C)C)C=CN1C. The number of allylic oxidation sites excluding steroid dienone is 3. The molecule has 0 unspecified atom stereocenters. The van der Waals surface area contributed by atoms with E-state index in [0.29, 0.717) is 5.92 Å². The minimum Gasteiger partial charge on any atom is -0.352 e. The molecule has 0 bridgehead atoms. The second kappa shape index (κ2) is 2.95. The van der Waals surface area contributed by atoms with Gasteiger partial charge in [0.15, 0.2) is 0 Å². The van der Waals surface area contributed by atoms with E-state index in [-0.39, 0.29) is 0 Å². The van der Waals surface area contributed by atoms with E-state index < -0.39 is 0 Å². The smallest absolute Gasteiger partial charge is 0.0333 e. The quantitative estimate of drug-likeness (QED) is 0.553. The fourth-order valence-corrected chi connectivity index (χ4v) is 0.995. The van der Waals surface area contributed by atoms with Gasteiger partial charge in [-0.25, -0.2) is 0 Å². The highest BCUT2D eigenvalue weighted by Gasteiger charge is 2.06. The summed E-state index contributed by atoms with van der Waals surface area (Å²) < 4.78 is 0. The average Bonchev–Trinajstić information content (AvgIpc) is 1.94. The lowest BCUT2D eigenvalue weighted by atomic mass is 10.0. The van der Waals surface area contributed by atoms with Crippen molar-refractivity contribution in [2.45, 2.75) is 13.8 Å². The Labute approximate surface area is 68.7 Å². The fourth-order valence-electron chi connectivity index (χ4n) is 0.995. The maximum Gasteiger partial charge on any atom is 0.0333 e. The molecule has 1 heteroatoms. The normalized spacial score (nSPS) is 17.6. The molecule has 0 spiro atoms. The first-order valence-corrected chi connectivity index (χ1v) is 3.93. The zero-order valence-corrected chi connectivity index (χ0v) is 7.46. The van der Waals surface area contributed by atoms with Gasteiger partial charge >= 0.3 is 0 Å². The van der Waals surface area contributed by atoms with Gasteiger partial charge in [0, 0.05) is 18.9 Å². The lowest BCUT2D eigenvalue weighted by Gasteiger charge is -2.21. The van der Waals surface area contributed by atoms with Gasteiger partial charge in [0.2, 0.25) is 0 Å². The van der Waals surface area contributed by atoms with Gasteiger partial charge in [0.25, 0.3) is 0 Å². The van der Waals surface area contributed by atoms with E-state index in [4.69, 9.17) is 0 Å². The first-order valence-electron chi connectivity index (χ1n) is 3.93. The zero-order chi connectivity index (χ0) is 8.43. The molecule has 1 heterocycles. The average molecular weight is 149 g/mol. The van der Waals surface area contributed by atoms with Gasteiger partial charge < -0.3 is 4.90 Å². The molecule has 0 aromatic heterocycles. The highest BCUT2D eigenvalue weighted by Crippen LogP contribution is 2.19. The molecule has 60 valence electrons. The monoisotopic (exact) mass is 149 g/mol. The highest BCUT2D eigenvalue weighted by atomic mass is 15.1. The van der Waals surface area contributed by atoms with E-state index in [2.05, 4.69) is 38.8 Å². The molecular formula is C10H15N. The minimum atomic E-state index is 0.594. The Hall–Kier alpha value is -0.980. The molecule has 0 N–H and O–H groups in total. The van der Waals surface area contributed by atoms with Crippen LogP contribution in [0.4, 0.5) is 0 Å². The summed E-state index contributed by atoms with van der Waals surface area (Å²) in [4.78, 5) is 2.02. The Morgan fingerprint density at radius 3 is 2.55 bits per heavy atom. The van der Waals surface area contributed by atoms with Crippen LogP contribution in [-0.2, 0) is 0 Å². The van der Waals surface area contributed by atoms with Crippen LogP contribution in [0.1, 0.15) is 13.8 Å². The van der Waals surface area contributed by atoms with Crippen molar-refractivity contribution in [3.63, 3.8) is 0 Å². The molecule has 0 saturated heterocycles. The van der Waals surface area contributed by atoms with Crippen LogP contribution in [0.5, 0.6) is 0 Å². The molecule has 0 amide bonds. The van der Waals surface area contributed by atoms with Crippen LogP contribution in [0.15, 0.2) is 36.2 Å². The predicted octanol–water partition coefficient (Wildman–Crippen LogP) is 2.54. The second-order valence-electron chi connectivity index (χ2n) is 3.22. The summed E-state index contributed by atoms with van der Waals surface area (Å²) in [6.45, 7) is 8.30. The number of hydrogen-bond donors (Lipinski definition) is 0. The van der Waals surface area contributed by atoms with E-state index in [1.54, 1.807) is 0 Å². The number of rotatable bonds is 1. The molecule has 1 nitrogen and oxygen atoms in total. The van der Waals surface area contributed by atoms with Crippen LogP contribution < -0.4 is 0 Å². The van der Waals surface area contributed by atoms with Gasteiger partial charge in [-0.05, 0) is 23.6 Å².